The van der Waals surface area contributed by atoms with E-state index in [2.05, 4.69) is 23.7 Å². The smallest absolute Gasteiger partial charge is 0.224 e. The standard InChI is InChI=1S/C22H40N4O3S/c1-25(2)19-11-5-8-17-16(19)7-6-12-21(17)30(28,29)24-15-13-22(27)26(14-15)20-10-4-3-9-18(20)23/h15-21,24H,3-14,23H2,1-2H3. The summed E-state index contributed by atoms with van der Waals surface area (Å²) in [4.78, 5) is 16.8. The van der Waals surface area contributed by atoms with Gasteiger partial charge in [0.05, 0.1) is 5.25 Å². The lowest BCUT2D eigenvalue weighted by molar-refractivity contribution is -0.130. The first-order valence-electron chi connectivity index (χ1n) is 12.0. The Morgan fingerprint density at radius 3 is 2.40 bits per heavy atom. The lowest BCUT2D eigenvalue weighted by Crippen LogP contribution is -2.53. The van der Waals surface area contributed by atoms with E-state index in [1.165, 1.54) is 6.42 Å². The van der Waals surface area contributed by atoms with E-state index in [0.29, 0.717) is 18.5 Å². The molecule has 0 radical (unpaired) electrons. The maximum absolute atomic E-state index is 13.4. The van der Waals surface area contributed by atoms with Crippen LogP contribution >= 0.6 is 0 Å². The molecule has 0 bridgehead atoms. The molecule has 1 aliphatic heterocycles. The average Bonchev–Trinajstić information content (AvgIpc) is 3.06. The van der Waals surface area contributed by atoms with Gasteiger partial charge in [0, 0.05) is 37.1 Å². The molecule has 7 unspecified atom stereocenters. The van der Waals surface area contributed by atoms with Crippen LogP contribution in [0.2, 0.25) is 0 Å². The molecule has 4 aliphatic rings. The molecule has 7 nitrogen and oxygen atoms in total. The predicted molar refractivity (Wildman–Crippen MR) is 118 cm³/mol. The molecule has 1 heterocycles. The van der Waals surface area contributed by atoms with Crippen LogP contribution in [0, 0.1) is 11.8 Å². The van der Waals surface area contributed by atoms with Gasteiger partial charge in [0.2, 0.25) is 15.9 Å². The number of nitrogens with zero attached hydrogens (tertiary/aromatic N) is 2. The average molecular weight is 441 g/mol. The lowest BCUT2D eigenvalue weighted by atomic mass is 9.68. The highest BCUT2D eigenvalue weighted by Crippen LogP contribution is 2.44. The summed E-state index contributed by atoms with van der Waals surface area (Å²) in [5.41, 5.74) is 6.28. The molecule has 3 aliphatic carbocycles. The number of nitrogens with two attached hydrogens (primary N) is 1. The second-order valence-corrected chi connectivity index (χ2v) is 12.3. The van der Waals surface area contributed by atoms with E-state index in [-0.39, 0.29) is 41.6 Å². The number of amides is 1. The third-order valence-corrected chi connectivity index (χ3v) is 10.4. The van der Waals surface area contributed by atoms with Crippen molar-refractivity contribution in [3.05, 3.63) is 0 Å². The van der Waals surface area contributed by atoms with Gasteiger partial charge in [-0.15, -0.1) is 0 Å². The van der Waals surface area contributed by atoms with E-state index in [4.69, 9.17) is 5.73 Å². The Morgan fingerprint density at radius 2 is 1.67 bits per heavy atom. The van der Waals surface area contributed by atoms with Gasteiger partial charge in [-0.05, 0) is 64.5 Å². The van der Waals surface area contributed by atoms with Gasteiger partial charge in [0.25, 0.3) is 0 Å². The third kappa shape index (κ3) is 4.43. The Labute approximate surface area is 182 Å². The zero-order valence-electron chi connectivity index (χ0n) is 18.6. The molecule has 4 rings (SSSR count). The number of hydrogen-bond donors (Lipinski definition) is 2. The molecule has 0 spiro atoms. The molecule has 3 saturated carbocycles. The number of carbonyl (C=O) groups excluding carboxylic acids is 1. The van der Waals surface area contributed by atoms with E-state index >= 15 is 0 Å². The minimum atomic E-state index is -3.46. The Hall–Kier alpha value is -0.700. The molecular weight excluding hydrogens is 400 g/mol. The van der Waals surface area contributed by atoms with Crippen molar-refractivity contribution in [2.24, 2.45) is 17.6 Å². The van der Waals surface area contributed by atoms with Crippen molar-refractivity contribution in [2.75, 3.05) is 20.6 Å². The van der Waals surface area contributed by atoms with Crippen LogP contribution in [-0.4, -0.2) is 74.2 Å². The molecule has 8 heteroatoms. The zero-order chi connectivity index (χ0) is 21.5. The monoisotopic (exact) mass is 440 g/mol. The van der Waals surface area contributed by atoms with Crippen LogP contribution in [0.4, 0.5) is 0 Å². The van der Waals surface area contributed by atoms with Crippen LogP contribution in [0.1, 0.15) is 70.6 Å². The molecule has 172 valence electrons. The molecule has 0 aromatic heterocycles. The Balaban J connectivity index is 1.43. The molecule has 30 heavy (non-hydrogen) atoms. The maximum atomic E-state index is 13.4. The maximum Gasteiger partial charge on any atom is 0.224 e. The van der Waals surface area contributed by atoms with Crippen LogP contribution in [0.5, 0.6) is 0 Å². The van der Waals surface area contributed by atoms with E-state index < -0.39 is 10.0 Å². The second kappa shape index (κ2) is 9.04. The van der Waals surface area contributed by atoms with Crippen LogP contribution < -0.4 is 10.5 Å². The first-order valence-corrected chi connectivity index (χ1v) is 13.5. The summed E-state index contributed by atoms with van der Waals surface area (Å²) < 4.78 is 29.9. The predicted octanol–water partition coefficient (Wildman–Crippen LogP) is 1.68. The minimum absolute atomic E-state index is 0.0161. The van der Waals surface area contributed by atoms with Gasteiger partial charge in [-0.25, -0.2) is 13.1 Å². The number of fused-ring (bicyclic) bond motifs is 1. The summed E-state index contributed by atoms with van der Waals surface area (Å²) in [7, 11) is 0.790. The van der Waals surface area contributed by atoms with Gasteiger partial charge < -0.3 is 15.5 Å². The highest BCUT2D eigenvalue weighted by Gasteiger charge is 2.47. The highest BCUT2D eigenvalue weighted by atomic mass is 32.2. The lowest BCUT2D eigenvalue weighted by Gasteiger charge is -2.47. The fourth-order valence-corrected chi connectivity index (χ4v) is 8.99. The van der Waals surface area contributed by atoms with Gasteiger partial charge in [-0.3, -0.25) is 4.79 Å². The van der Waals surface area contributed by atoms with Crippen molar-refractivity contribution in [1.82, 2.24) is 14.5 Å². The number of nitrogens with one attached hydrogen (secondary N) is 1. The largest absolute Gasteiger partial charge is 0.336 e. The minimum Gasteiger partial charge on any atom is -0.336 e. The fraction of sp³-hybridized carbons (Fsp3) is 0.955. The molecule has 0 aromatic rings. The summed E-state index contributed by atoms with van der Waals surface area (Å²) >= 11 is 0. The van der Waals surface area contributed by atoms with Crippen LogP contribution in [-0.2, 0) is 14.8 Å². The van der Waals surface area contributed by atoms with Gasteiger partial charge in [-0.1, -0.05) is 25.7 Å². The molecule has 4 fully saturated rings. The summed E-state index contributed by atoms with van der Waals surface area (Å²) in [5, 5.41) is -0.319. The summed E-state index contributed by atoms with van der Waals surface area (Å²) in [6.45, 7) is 0.470. The van der Waals surface area contributed by atoms with Crippen LogP contribution in [0.15, 0.2) is 0 Å². The van der Waals surface area contributed by atoms with Crippen molar-refractivity contribution >= 4 is 15.9 Å². The molecule has 1 saturated heterocycles. The molecule has 7 atom stereocenters. The van der Waals surface area contributed by atoms with E-state index in [0.717, 1.165) is 57.8 Å². The Bertz CT molecular complexity index is 728. The van der Waals surface area contributed by atoms with E-state index in [1.807, 2.05) is 4.90 Å². The molecular formula is C22H40N4O3S. The van der Waals surface area contributed by atoms with Gasteiger partial charge in [0.1, 0.15) is 0 Å². The topological polar surface area (TPSA) is 95.7 Å². The fourth-order valence-electron chi connectivity index (χ4n) is 6.92. The number of carbonyl (C=O) groups is 1. The van der Waals surface area contributed by atoms with Gasteiger partial charge in [0.15, 0.2) is 0 Å². The zero-order valence-corrected chi connectivity index (χ0v) is 19.4. The van der Waals surface area contributed by atoms with E-state index in [1.54, 1.807) is 0 Å². The van der Waals surface area contributed by atoms with Crippen molar-refractivity contribution in [2.45, 2.75) is 100 Å². The van der Waals surface area contributed by atoms with Crippen LogP contribution in [0.3, 0.4) is 0 Å². The normalized spacial score (nSPS) is 40.6. The summed E-state index contributed by atoms with van der Waals surface area (Å²) in [6, 6.07) is 0.254. The van der Waals surface area contributed by atoms with Crippen molar-refractivity contribution in [3.63, 3.8) is 0 Å². The highest BCUT2D eigenvalue weighted by molar-refractivity contribution is 7.90. The Kier molecular flexibility index (Phi) is 6.78. The van der Waals surface area contributed by atoms with Crippen molar-refractivity contribution in [3.8, 4) is 0 Å². The van der Waals surface area contributed by atoms with Gasteiger partial charge in [-0.2, -0.15) is 0 Å². The van der Waals surface area contributed by atoms with Crippen molar-refractivity contribution in [1.29, 1.82) is 0 Å². The number of likely N-dealkylation sites (tertiary alicyclic amines) is 1. The van der Waals surface area contributed by atoms with Crippen molar-refractivity contribution < 1.29 is 13.2 Å². The van der Waals surface area contributed by atoms with E-state index in [9.17, 15) is 13.2 Å². The van der Waals surface area contributed by atoms with Crippen LogP contribution in [0.25, 0.3) is 0 Å². The Morgan fingerprint density at radius 1 is 0.967 bits per heavy atom. The molecule has 0 aromatic carbocycles. The SMILES string of the molecule is CN(C)C1CCCC2C1CCCC2S(=O)(=O)NC1CC(=O)N(C2CCCCC2N)C1. The van der Waals surface area contributed by atoms with Gasteiger partial charge >= 0.3 is 0 Å². The number of rotatable bonds is 5. The molecule has 1 amide bonds. The first kappa shape index (κ1) is 22.5. The number of sulfonamides is 1. The molecule has 3 N–H and O–H groups in total. The quantitative estimate of drug-likeness (QED) is 0.678. The summed E-state index contributed by atoms with van der Waals surface area (Å²) in [5.74, 6) is 0.750. The third-order valence-electron chi connectivity index (χ3n) is 8.32. The summed E-state index contributed by atoms with van der Waals surface area (Å²) in [6.07, 6.45) is 10.5. The second-order valence-electron chi connectivity index (χ2n) is 10.4. The first-order chi connectivity index (χ1) is 14.3. The number of hydrogen-bond acceptors (Lipinski definition) is 5.